The Bertz CT molecular complexity index is 615. The summed E-state index contributed by atoms with van der Waals surface area (Å²) in [6, 6.07) is 6.25. The summed E-state index contributed by atoms with van der Waals surface area (Å²) in [5, 5.41) is 6.88. The maximum Gasteiger partial charge on any atom is 0.191 e. The van der Waals surface area contributed by atoms with Crippen molar-refractivity contribution in [2.24, 2.45) is 10.4 Å². The molecule has 1 aliphatic carbocycles. The van der Waals surface area contributed by atoms with Gasteiger partial charge in [0, 0.05) is 39.0 Å². The van der Waals surface area contributed by atoms with Gasteiger partial charge in [-0.05, 0) is 57.1 Å². The van der Waals surface area contributed by atoms with E-state index in [1.165, 1.54) is 18.4 Å². The predicted molar refractivity (Wildman–Crippen MR) is 114 cm³/mol. The van der Waals surface area contributed by atoms with Crippen LogP contribution >= 0.6 is 0 Å². The van der Waals surface area contributed by atoms with Gasteiger partial charge in [0.25, 0.3) is 0 Å². The van der Waals surface area contributed by atoms with Crippen molar-refractivity contribution in [3.8, 4) is 5.75 Å². The first-order chi connectivity index (χ1) is 13.6. The summed E-state index contributed by atoms with van der Waals surface area (Å²) in [5.41, 5.74) is 2.63. The number of nitrogens with one attached hydrogen (secondary N) is 2. The minimum absolute atomic E-state index is 0.379. The molecule has 2 N–H and O–H groups in total. The summed E-state index contributed by atoms with van der Waals surface area (Å²) >= 11 is 0. The van der Waals surface area contributed by atoms with Crippen molar-refractivity contribution < 1.29 is 14.2 Å². The van der Waals surface area contributed by atoms with Crippen LogP contribution in [-0.4, -0.2) is 52.6 Å². The number of rotatable bonds is 13. The van der Waals surface area contributed by atoms with E-state index in [2.05, 4.69) is 42.7 Å². The van der Waals surface area contributed by atoms with Crippen LogP contribution in [0.1, 0.15) is 44.2 Å². The van der Waals surface area contributed by atoms with Gasteiger partial charge in [-0.1, -0.05) is 12.1 Å². The zero-order valence-electron chi connectivity index (χ0n) is 18.0. The smallest absolute Gasteiger partial charge is 0.191 e. The Morgan fingerprint density at radius 1 is 1.14 bits per heavy atom. The van der Waals surface area contributed by atoms with Crippen LogP contribution in [0.25, 0.3) is 0 Å². The maximum atomic E-state index is 5.88. The highest BCUT2D eigenvalue weighted by Gasteiger charge is 2.41. The van der Waals surface area contributed by atoms with Gasteiger partial charge in [-0.25, -0.2) is 4.99 Å². The Morgan fingerprint density at radius 2 is 1.96 bits per heavy atom. The molecule has 0 aromatic heterocycles. The van der Waals surface area contributed by atoms with Crippen LogP contribution in [0.4, 0.5) is 0 Å². The van der Waals surface area contributed by atoms with Crippen molar-refractivity contribution in [3.63, 3.8) is 0 Å². The first kappa shape index (κ1) is 22.5. The molecule has 28 heavy (non-hydrogen) atoms. The van der Waals surface area contributed by atoms with Gasteiger partial charge in [-0.2, -0.15) is 0 Å². The molecule has 0 saturated heterocycles. The van der Waals surface area contributed by atoms with Crippen LogP contribution in [-0.2, 0) is 16.0 Å². The van der Waals surface area contributed by atoms with E-state index in [0.717, 1.165) is 50.0 Å². The molecule has 1 aromatic rings. The SMILES string of the molecule is CCNC(=NCc1ccc(C)cc1OCCOC)NCC1(CCOCC)CC1. The number of nitrogens with zero attached hydrogens (tertiary/aromatic N) is 1. The molecule has 0 unspecified atom stereocenters. The molecule has 6 heteroatoms. The Balaban J connectivity index is 1.94. The summed E-state index contributed by atoms with van der Waals surface area (Å²) in [6.07, 6.45) is 3.65. The highest BCUT2D eigenvalue weighted by atomic mass is 16.5. The molecule has 0 radical (unpaired) electrons. The molecule has 0 bridgehead atoms. The third-order valence-corrected chi connectivity index (χ3v) is 5.09. The van der Waals surface area contributed by atoms with Crippen LogP contribution in [0, 0.1) is 12.3 Å². The quantitative estimate of drug-likeness (QED) is 0.307. The van der Waals surface area contributed by atoms with E-state index in [9.17, 15) is 0 Å². The third-order valence-electron chi connectivity index (χ3n) is 5.09. The first-order valence-corrected chi connectivity index (χ1v) is 10.4. The zero-order valence-corrected chi connectivity index (χ0v) is 18.0. The van der Waals surface area contributed by atoms with Gasteiger partial charge >= 0.3 is 0 Å². The number of benzene rings is 1. The number of aliphatic imine (C=N–C) groups is 1. The van der Waals surface area contributed by atoms with Crippen LogP contribution in [0.5, 0.6) is 5.75 Å². The van der Waals surface area contributed by atoms with Crippen molar-refractivity contribution in [1.29, 1.82) is 0 Å². The molecule has 6 nitrogen and oxygen atoms in total. The van der Waals surface area contributed by atoms with Gasteiger partial charge in [0.2, 0.25) is 0 Å². The Kier molecular flexibility index (Phi) is 9.58. The van der Waals surface area contributed by atoms with Crippen LogP contribution < -0.4 is 15.4 Å². The second kappa shape index (κ2) is 11.9. The van der Waals surface area contributed by atoms with E-state index in [-0.39, 0.29) is 0 Å². The highest BCUT2D eigenvalue weighted by molar-refractivity contribution is 5.79. The normalized spacial score (nSPS) is 15.4. The summed E-state index contributed by atoms with van der Waals surface area (Å²) in [4.78, 5) is 4.78. The van der Waals surface area contributed by atoms with Crippen LogP contribution in [0.3, 0.4) is 0 Å². The fraction of sp³-hybridized carbons (Fsp3) is 0.682. The molecule has 1 fully saturated rings. The summed E-state index contributed by atoms with van der Waals surface area (Å²) in [6.45, 7) is 11.3. The van der Waals surface area contributed by atoms with Crippen LogP contribution in [0.2, 0.25) is 0 Å². The lowest BCUT2D eigenvalue weighted by Gasteiger charge is -2.18. The van der Waals surface area contributed by atoms with E-state index in [0.29, 0.717) is 25.2 Å². The summed E-state index contributed by atoms with van der Waals surface area (Å²) in [5.74, 6) is 1.74. The van der Waals surface area contributed by atoms with Gasteiger partial charge in [0.1, 0.15) is 12.4 Å². The molecular formula is C22H37N3O3. The Hall–Kier alpha value is -1.79. The Labute approximate surface area is 170 Å². The fourth-order valence-electron chi connectivity index (χ4n) is 3.06. The number of hydrogen-bond donors (Lipinski definition) is 2. The van der Waals surface area contributed by atoms with E-state index in [1.54, 1.807) is 7.11 Å². The van der Waals surface area contributed by atoms with Gasteiger partial charge in [-0.3, -0.25) is 0 Å². The van der Waals surface area contributed by atoms with Crippen molar-refractivity contribution in [2.75, 3.05) is 46.6 Å². The predicted octanol–water partition coefficient (Wildman–Crippen LogP) is 3.28. The molecule has 158 valence electrons. The largest absolute Gasteiger partial charge is 0.491 e. The van der Waals surface area contributed by atoms with Gasteiger partial charge in [-0.15, -0.1) is 0 Å². The van der Waals surface area contributed by atoms with Crippen molar-refractivity contribution in [2.45, 2.75) is 46.6 Å². The van der Waals surface area contributed by atoms with Crippen LogP contribution in [0.15, 0.2) is 23.2 Å². The lowest BCUT2D eigenvalue weighted by molar-refractivity contribution is 0.128. The summed E-state index contributed by atoms with van der Waals surface area (Å²) < 4.78 is 16.5. The lowest BCUT2D eigenvalue weighted by atomic mass is 10.0. The minimum atomic E-state index is 0.379. The second-order valence-electron chi connectivity index (χ2n) is 7.45. The summed E-state index contributed by atoms with van der Waals surface area (Å²) in [7, 11) is 1.68. The molecule has 1 saturated carbocycles. The monoisotopic (exact) mass is 391 g/mol. The molecule has 0 aliphatic heterocycles. The Morgan fingerprint density at radius 3 is 2.64 bits per heavy atom. The average Bonchev–Trinajstić information content (AvgIpc) is 3.46. The zero-order chi connectivity index (χ0) is 20.2. The first-order valence-electron chi connectivity index (χ1n) is 10.4. The topological polar surface area (TPSA) is 64.1 Å². The number of aryl methyl sites for hydroxylation is 1. The van der Waals surface area contributed by atoms with Crippen molar-refractivity contribution in [3.05, 3.63) is 29.3 Å². The number of ether oxygens (including phenoxy) is 3. The molecule has 0 atom stereocenters. The number of methoxy groups -OCH3 is 1. The molecule has 2 rings (SSSR count). The van der Waals surface area contributed by atoms with Crippen molar-refractivity contribution >= 4 is 5.96 Å². The van der Waals surface area contributed by atoms with Gasteiger partial charge in [0.15, 0.2) is 5.96 Å². The van der Waals surface area contributed by atoms with Gasteiger partial charge in [0.05, 0.1) is 13.2 Å². The molecule has 1 aliphatic rings. The molecule has 0 heterocycles. The van der Waals surface area contributed by atoms with E-state index < -0.39 is 0 Å². The fourth-order valence-corrected chi connectivity index (χ4v) is 3.06. The maximum absolute atomic E-state index is 5.88. The number of hydrogen-bond acceptors (Lipinski definition) is 4. The third kappa shape index (κ3) is 7.68. The van der Waals surface area contributed by atoms with E-state index in [4.69, 9.17) is 19.2 Å². The second-order valence-corrected chi connectivity index (χ2v) is 7.45. The average molecular weight is 392 g/mol. The van der Waals surface area contributed by atoms with Crippen molar-refractivity contribution in [1.82, 2.24) is 10.6 Å². The molecule has 0 spiro atoms. The van der Waals surface area contributed by atoms with Gasteiger partial charge < -0.3 is 24.8 Å². The van der Waals surface area contributed by atoms with E-state index >= 15 is 0 Å². The molecular weight excluding hydrogens is 354 g/mol. The molecule has 1 aromatic carbocycles. The standard InChI is InChI=1S/C22H37N3O3/c1-5-23-21(25-17-22(9-10-22)11-12-27-6-2)24-16-19-8-7-18(3)15-20(19)28-14-13-26-4/h7-8,15H,5-6,9-14,16-17H2,1-4H3,(H2,23,24,25). The molecule has 0 amide bonds. The lowest BCUT2D eigenvalue weighted by Crippen LogP contribution is -2.40. The highest BCUT2D eigenvalue weighted by Crippen LogP contribution is 2.48. The van der Waals surface area contributed by atoms with E-state index in [1.807, 2.05) is 6.92 Å². The number of guanidine groups is 1. The minimum Gasteiger partial charge on any atom is -0.491 e.